The molecule has 0 spiro atoms. The van der Waals surface area contributed by atoms with E-state index in [0.29, 0.717) is 22.3 Å². The number of halogens is 2. The van der Waals surface area contributed by atoms with E-state index in [-0.39, 0.29) is 17.5 Å². The van der Waals surface area contributed by atoms with E-state index in [1.807, 2.05) is 0 Å². The van der Waals surface area contributed by atoms with E-state index in [0.717, 1.165) is 18.6 Å². The first-order chi connectivity index (χ1) is 45.3. The number of carbonyl (C=O) groups is 1. The highest BCUT2D eigenvalue weighted by Gasteiger charge is 2.56. The van der Waals surface area contributed by atoms with Gasteiger partial charge in [0.05, 0.1) is 26.4 Å². The van der Waals surface area contributed by atoms with Gasteiger partial charge in [0.15, 0.2) is 24.9 Å². The van der Waals surface area contributed by atoms with Gasteiger partial charge in [-0.3, -0.25) is 32.2 Å². The van der Waals surface area contributed by atoms with Gasteiger partial charge in [-0.2, -0.15) is 36.5 Å². The molecule has 99 heavy (non-hydrogen) atoms. The molecule has 3 aromatic rings. The van der Waals surface area contributed by atoms with Crippen LogP contribution in [0.5, 0.6) is 0 Å². The van der Waals surface area contributed by atoms with Crippen molar-refractivity contribution in [3.8, 4) is 0 Å². The summed E-state index contributed by atoms with van der Waals surface area (Å²) in [7, 11) is -32.3. The number of rotatable bonds is 18. The van der Waals surface area contributed by atoms with Crippen LogP contribution in [0, 0.1) is 20.8 Å². The van der Waals surface area contributed by atoms with Crippen LogP contribution in [-0.4, -0.2) is 227 Å². The Morgan fingerprint density at radius 2 is 0.899 bits per heavy atom. The van der Waals surface area contributed by atoms with Crippen LogP contribution in [-0.2, 0) is 86.0 Å². The molecule has 0 aliphatic carbocycles. The number of hydrogen-bond donors (Lipinski definition) is 20. The Morgan fingerprint density at radius 3 is 1.27 bits per heavy atom. The van der Waals surface area contributed by atoms with Crippen molar-refractivity contribution in [2.75, 3.05) is 43.6 Å². The molecule has 6 aliphatic heterocycles. The third-order valence-electron chi connectivity index (χ3n) is 13.7. The Balaban J connectivity index is 0.000000212. The van der Waals surface area contributed by atoms with Crippen molar-refractivity contribution in [3.63, 3.8) is 0 Å². The lowest BCUT2D eigenvalue weighted by atomic mass is 10.1. The second-order valence-electron chi connectivity index (χ2n) is 21.1. The summed E-state index contributed by atoms with van der Waals surface area (Å²) in [5.74, 6) is 0.0795. The molecule has 59 heteroatoms. The molecular formula is C40H65Cl2N12O38P7. The van der Waals surface area contributed by atoms with Gasteiger partial charge in [0.1, 0.15) is 96.9 Å². The van der Waals surface area contributed by atoms with Gasteiger partial charge in [-0.05, 0) is 55.7 Å². The maximum atomic E-state index is 12.2. The third kappa shape index (κ3) is 22.1. The van der Waals surface area contributed by atoms with E-state index < -0.39 is 207 Å². The molecule has 9 unspecified atom stereocenters. The number of phosphoric ester groups is 1. The van der Waals surface area contributed by atoms with Crippen molar-refractivity contribution in [2.45, 2.75) is 132 Å². The van der Waals surface area contributed by atoms with Crippen LogP contribution in [0.2, 0.25) is 0 Å². The number of urea groups is 1. The SMILES string of the molecule is CC1=CN([C@@H]2O[C@H](COP3(=O)OP(=O)(O)OP(=O)(O)O3)C(O)[C@@H]2O)C(=O)NC1N.Cc1cn([C@@H]2O[C@H](CO)C(O)[C@@H]2O)c(=O)nc1N.Cc1cn([C@@H]2O[C@H](COP(=O)(Cl)Cl)C(O)[C@@H]2O)c(=O)nc1N.Cc1cn([C@@H]2O[C@H](COP(=O)(O)OP(=O)(O)OP(=O)(O)O)C(O)[C@@H]2O)c(=O)nc1N. The summed E-state index contributed by atoms with van der Waals surface area (Å²) >= 11 is 10.5. The Morgan fingerprint density at radius 1 is 0.545 bits per heavy atom. The minimum absolute atomic E-state index is 0.0550. The topological polar surface area (TPSA) is 775 Å². The summed E-state index contributed by atoms with van der Waals surface area (Å²) < 4.78 is 136. The monoisotopic (exact) mass is 1610 g/mol. The lowest BCUT2D eigenvalue weighted by molar-refractivity contribution is -0.0660. The smallest absolute Gasteiger partial charge is 0.394 e. The van der Waals surface area contributed by atoms with Crippen LogP contribution in [0.15, 0.2) is 44.7 Å². The van der Waals surface area contributed by atoms with Crippen LogP contribution >= 0.6 is 75.5 Å². The molecule has 9 rings (SSSR count). The predicted molar refractivity (Wildman–Crippen MR) is 322 cm³/mol. The zero-order valence-corrected chi connectivity index (χ0v) is 58.1. The molecule has 6 aliphatic rings. The number of amides is 2. The normalized spacial score (nSPS) is 35.1. The number of nitrogen functional groups attached to an aromatic ring is 3. The summed E-state index contributed by atoms with van der Waals surface area (Å²) in [5.41, 5.74) is 21.7. The molecule has 3 aromatic heterocycles. The van der Waals surface area contributed by atoms with E-state index >= 15 is 0 Å². The van der Waals surface area contributed by atoms with E-state index in [9.17, 15) is 107 Å². The molecule has 562 valence electrons. The number of carbonyl (C=O) groups excluding carboxylic acids is 1. The zero-order valence-electron chi connectivity index (χ0n) is 50.4. The van der Waals surface area contributed by atoms with E-state index in [1.54, 1.807) is 20.8 Å². The minimum atomic E-state index is -5.72. The largest absolute Gasteiger partial charge is 0.492 e. The standard InChI is InChI=1S/C10H14Cl2N3O6P.C10H18N3O14P3.C10H18N3O13P3.C10H15N3O5/c1-4-2-15(10(18)14-8(4)13)9-7(17)6(16)5(21-9)3-20-22(11,12)19;1-4-2-13(10(16)12-8(4)11)9-7(15)6(14)5(25-9)3-24-29(20,21)27-30(22,23)26-28(17,18)19;1-4-2-13(10(16)12-8(4)11)9-7(15)6(14)5(23-9)3-22-29(21)25-27(17,18)24-28(19,20)26-29;1-4-2-13(10(17)12-8(4)11)9-7(16)6(15)5(3-14)18-9/h2,5-7,9,16-17H,3H2,1H3,(H2,13,14,18);2,5-7,9,14-15H,3H2,1H3,(H,20,21)(H,22,23)(H2,11,12,16)(H2,17,18,19);2,5-9,14-15H,3,11H2,1H3,(H,12,16)(H,17,18)(H,19,20);2,5-7,9,14-16H,3H2,1H3,(H2,11,12,17)/t2*5-,6?,7+,9-;5-,6?,7+,8?,9-;5-,6?,7+,9-/m1111/s1. The Labute approximate surface area is 561 Å². The molecule has 0 aromatic carbocycles. The average Bonchev–Trinajstić information content (AvgIpc) is 1.79. The van der Waals surface area contributed by atoms with Crippen molar-refractivity contribution in [2.24, 2.45) is 5.73 Å². The van der Waals surface area contributed by atoms with Crippen LogP contribution < -0.4 is 45.3 Å². The van der Waals surface area contributed by atoms with Crippen molar-refractivity contribution >= 4 is 99.0 Å². The number of aryl methyl sites for hydroxylation is 3. The van der Waals surface area contributed by atoms with Crippen LogP contribution in [0.3, 0.4) is 0 Å². The van der Waals surface area contributed by atoms with Gasteiger partial charge in [0.2, 0.25) is 0 Å². The van der Waals surface area contributed by atoms with E-state index in [1.165, 1.54) is 31.7 Å². The molecule has 0 bridgehead atoms. The molecule has 5 fully saturated rings. The number of ether oxygens (including phenoxy) is 4. The second kappa shape index (κ2) is 32.6. The number of nitrogens with two attached hydrogens (primary N) is 4. The van der Waals surface area contributed by atoms with Gasteiger partial charge < -0.3 is 127 Å². The first kappa shape index (κ1) is 84.1. The highest BCUT2D eigenvalue weighted by molar-refractivity contribution is 8.05. The van der Waals surface area contributed by atoms with Gasteiger partial charge in [-0.25, -0.2) is 46.6 Å². The van der Waals surface area contributed by atoms with Gasteiger partial charge in [0, 0.05) is 41.5 Å². The number of hydrogen-bond acceptors (Lipinski definition) is 39. The molecule has 2 amide bonds. The number of aliphatic hydroxyl groups is 9. The van der Waals surface area contributed by atoms with Crippen LogP contribution in [0.4, 0.5) is 22.2 Å². The van der Waals surface area contributed by atoms with Crippen molar-refractivity contribution < 1.29 is 166 Å². The zero-order chi connectivity index (χ0) is 74.9. The number of nitrogens with zero attached hydrogens (tertiary/aromatic N) is 7. The first-order valence-electron chi connectivity index (χ1n) is 27.0. The number of anilines is 3. The highest BCUT2D eigenvalue weighted by Crippen LogP contribution is 2.80. The first-order valence-corrected chi connectivity index (χ1v) is 39.4. The Hall–Kier alpha value is -3.88. The molecule has 9 heterocycles. The summed E-state index contributed by atoms with van der Waals surface area (Å²) in [6.45, 7) is 3.59. The molecular weight excluding hydrogens is 1540 g/mol. The number of phosphoric acid groups is 6. The summed E-state index contributed by atoms with van der Waals surface area (Å²) in [4.78, 5) is 113. The Bertz CT molecular complexity index is 3990. The fourth-order valence-corrected chi connectivity index (χ4v) is 17.4. The minimum Gasteiger partial charge on any atom is -0.394 e. The van der Waals surface area contributed by atoms with E-state index in [4.69, 9.17) is 84.2 Å². The number of aromatic nitrogens is 6. The summed E-state index contributed by atoms with van der Waals surface area (Å²) in [6.07, 6.45) is -21.7. The second-order valence-corrected chi connectivity index (χ2v) is 34.8. The van der Waals surface area contributed by atoms with Gasteiger partial charge in [-0.1, -0.05) is 0 Å². The van der Waals surface area contributed by atoms with Crippen LogP contribution in [0.25, 0.3) is 0 Å². The number of aliphatic hydroxyl groups excluding tert-OH is 9. The van der Waals surface area contributed by atoms with Gasteiger partial charge in [-0.15, -0.1) is 0 Å². The lowest BCUT2D eigenvalue weighted by Gasteiger charge is -2.33. The predicted octanol–water partition coefficient (Wildman–Crippen LogP) is -4.77. The van der Waals surface area contributed by atoms with Crippen molar-refractivity contribution in [3.05, 3.63) is 78.5 Å². The molecule has 5 saturated heterocycles. The molecule has 0 radical (unpaired) electrons. The molecule has 24 N–H and O–H groups in total. The molecule has 21 atom stereocenters. The third-order valence-corrected chi connectivity index (χ3v) is 23.9. The van der Waals surface area contributed by atoms with Crippen molar-refractivity contribution in [1.82, 2.24) is 38.9 Å². The van der Waals surface area contributed by atoms with E-state index in [2.05, 4.69) is 55.4 Å². The average molecular weight is 1610 g/mol. The Kier molecular flexibility index (Phi) is 27.7. The molecule has 50 nitrogen and oxygen atoms in total. The van der Waals surface area contributed by atoms with Crippen LogP contribution in [0.1, 0.15) is 42.3 Å². The lowest BCUT2D eigenvalue weighted by Crippen LogP contribution is -2.56. The number of nitrogens with one attached hydrogen (secondary N) is 1. The highest BCUT2D eigenvalue weighted by atomic mass is 35.9. The van der Waals surface area contributed by atoms with Gasteiger partial charge >= 0.3 is 76.1 Å². The fourth-order valence-electron chi connectivity index (χ4n) is 8.82. The quantitative estimate of drug-likeness (QED) is 0.0532. The van der Waals surface area contributed by atoms with Gasteiger partial charge in [0.25, 0.3) is 0 Å². The maximum absolute atomic E-state index is 12.2. The molecule has 0 saturated carbocycles. The maximum Gasteiger partial charge on any atom is 0.492 e. The fraction of sp³-hybridized carbons (Fsp3) is 0.625. The van der Waals surface area contributed by atoms with Crippen molar-refractivity contribution in [1.29, 1.82) is 0 Å². The summed E-state index contributed by atoms with van der Waals surface area (Å²) in [6, 6.07) is -0.729. The summed E-state index contributed by atoms with van der Waals surface area (Å²) in [5, 5.41) is 91.1.